The molecule has 1 saturated carbocycles. The SMILES string of the molecule is CCCCc1cc(NCC2CC2)c2c(c1)cc(-c1ccccc1)n2C. The van der Waals surface area contributed by atoms with Crippen LogP contribution in [0.1, 0.15) is 38.2 Å². The number of anilines is 1. The highest BCUT2D eigenvalue weighted by Crippen LogP contribution is 2.35. The first-order valence-corrected chi connectivity index (χ1v) is 9.68. The molecule has 0 spiro atoms. The van der Waals surface area contributed by atoms with Gasteiger partial charge < -0.3 is 9.88 Å². The summed E-state index contributed by atoms with van der Waals surface area (Å²) in [5.74, 6) is 0.878. The lowest BCUT2D eigenvalue weighted by atomic mass is 10.0. The van der Waals surface area contributed by atoms with Crippen LogP contribution < -0.4 is 5.32 Å². The minimum atomic E-state index is 0.878. The van der Waals surface area contributed by atoms with Gasteiger partial charge in [-0.15, -0.1) is 0 Å². The first kappa shape index (κ1) is 16.3. The lowest BCUT2D eigenvalue weighted by Gasteiger charge is -2.13. The monoisotopic (exact) mass is 332 g/mol. The van der Waals surface area contributed by atoms with Gasteiger partial charge in [-0.1, -0.05) is 43.7 Å². The summed E-state index contributed by atoms with van der Waals surface area (Å²) in [7, 11) is 2.19. The fraction of sp³-hybridized carbons (Fsp3) is 0.391. The van der Waals surface area contributed by atoms with E-state index in [-0.39, 0.29) is 0 Å². The molecule has 1 aliphatic rings. The molecule has 1 N–H and O–H groups in total. The lowest BCUT2D eigenvalue weighted by molar-refractivity contribution is 0.795. The van der Waals surface area contributed by atoms with Crippen molar-refractivity contribution in [1.82, 2.24) is 4.57 Å². The molecule has 0 unspecified atom stereocenters. The van der Waals surface area contributed by atoms with Crippen molar-refractivity contribution < 1.29 is 0 Å². The van der Waals surface area contributed by atoms with E-state index in [2.05, 4.69) is 72.4 Å². The number of hydrogen-bond acceptors (Lipinski definition) is 1. The second-order valence-electron chi connectivity index (χ2n) is 7.46. The predicted molar refractivity (Wildman–Crippen MR) is 108 cm³/mol. The third-order valence-corrected chi connectivity index (χ3v) is 5.35. The van der Waals surface area contributed by atoms with Crippen LogP contribution in [-0.2, 0) is 13.5 Å². The third kappa shape index (κ3) is 3.44. The van der Waals surface area contributed by atoms with E-state index in [0.29, 0.717) is 0 Å². The molecule has 3 aromatic rings. The van der Waals surface area contributed by atoms with Crippen LogP contribution in [0.15, 0.2) is 48.5 Å². The maximum Gasteiger partial charge on any atom is 0.0718 e. The Hall–Kier alpha value is -2.22. The molecule has 4 rings (SSSR count). The first-order valence-electron chi connectivity index (χ1n) is 9.68. The minimum absolute atomic E-state index is 0.878. The van der Waals surface area contributed by atoms with E-state index in [9.17, 15) is 0 Å². The van der Waals surface area contributed by atoms with Crippen molar-refractivity contribution in [3.63, 3.8) is 0 Å². The maximum absolute atomic E-state index is 3.75. The summed E-state index contributed by atoms with van der Waals surface area (Å²) in [5, 5.41) is 5.11. The van der Waals surface area contributed by atoms with Crippen LogP contribution in [0.5, 0.6) is 0 Å². The maximum atomic E-state index is 3.75. The van der Waals surface area contributed by atoms with Crippen molar-refractivity contribution in [2.24, 2.45) is 13.0 Å². The summed E-state index contributed by atoms with van der Waals surface area (Å²) in [4.78, 5) is 0. The number of hydrogen-bond donors (Lipinski definition) is 1. The van der Waals surface area contributed by atoms with Crippen molar-refractivity contribution in [2.45, 2.75) is 39.0 Å². The molecule has 25 heavy (non-hydrogen) atoms. The summed E-state index contributed by atoms with van der Waals surface area (Å²) in [5.41, 5.74) is 6.67. The van der Waals surface area contributed by atoms with Crippen LogP contribution in [-0.4, -0.2) is 11.1 Å². The Morgan fingerprint density at radius 2 is 1.88 bits per heavy atom. The standard InChI is InChI=1S/C23H28N2/c1-3-4-8-18-13-20-15-22(19-9-6-5-7-10-19)25(2)23(20)21(14-18)24-16-17-11-12-17/h5-7,9-10,13-15,17,24H,3-4,8,11-12,16H2,1-2H3. The van der Waals surface area contributed by atoms with E-state index in [1.165, 1.54) is 65.5 Å². The number of unbranched alkanes of at least 4 members (excludes halogenated alkanes) is 1. The average molecular weight is 332 g/mol. The van der Waals surface area contributed by atoms with Gasteiger partial charge in [-0.05, 0) is 60.9 Å². The molecule has 1 aliphatic carbocycles. The van der Waals surface area contributed by atoms with Gasteiger partial charge >= 0.3 is 0 Å². The van der Waals surface area contributed by atoms with Gasteiger partial charge in [0.2, 0.25) is 0 Å². The van der Waals surface area contributed by atoms with E-state index in [0.717, 1.165) is 12.5 Å². The molecule has 0 saturated heterocycles. The molecule has 0 aliphatic heterocycles. The highest BCUT2D eigenvalue weighted by molar-refractivity contribution is 5.96. The number of nitrogens with zero attached hydrogens (tertiary/aromatic N) is 1. The Balaban J connectivity index is 1.79. The van der Waals surface area contributed by atoms with E-state index in [4.69, 9.17) is 0 Å². The Labute approximate surface area is 150 Å². The highest BCUT2D eigenvalue weighted by atomic mass is 15.0. The average Bonchev–Trinajstić information content (AvgIpc) is 3.41. The zero-order chi connectivity index (χ0) is 17.2. The molecule has 2 nitrogen and oxygen atoms in total. The second-order valence-corrected chi connectivity index (χ2v) is 7.46. The van der Waals surface area contributed by atoms with Crippen molar-refractivity contribution in [2.75, 3.05) is 11.9 Å². The number of benzene rings is 2. The zero-order valence-electron chi connectivity index (χ0n) is 15.4. The lowest BCUT2D eigenvalue weighted by Crippen LogP contribution is -2.06. The van der Waals surface area contributed by atoms with E-state index in [1.807, 2.05) is 0 Å². The van der Waals surface area contributed by atoms with Gasteiger partial charge in [0.25, 0.3) is 0 Å². The summed E-state index contributed by atoms with van der Waals surface area (Å²) in [6.07, 6.45) is 6.43. The fourth-order valence-corrected chi connectivity index (χ4v) is 3.69. The topological polar surface area (TPSA) is 17.0 Å². The molecule has 1 aromatic heterocycles. The second kappa shape index (κ2) is 6.95. The Morgan fingerprint density at radius 3 is 2.60 bits per heavy atom. The van der Waals surface area contributed by atoms with Crippen LogP contribution in [0.4, 0.5) is 5.69 Å². The third-order valence-electron chi connectivity index (χ3n) is 5.35. The number of aromatic nitrogens is 1. The zero-order valence-corrected chi connectivity index (χ0v) is 15.4. The number of nitrogens with one attached hydrogen (secondary N) is 1. The van der Waals surface area contributed by atoms with Gasteiger partial charge in [-0.2, -0.15) is 0 Å². The van der Waals surface area contributed by atoms with E-state index >= 15 is 0 Å². The summed E-state index contributed by atoms with van der Waals surface area (Å²) in [6.45, 7) is 3.37. The quantitative estimate of drug-likeness (QED) is 0.560. The van der Waals surface area contributed by atoms with Gasteiger partial charge in [-0.3, -0.25) is 0 Å². The van der Waals surface area contributed by atoms with Crippen molar-refractivity contribution in [1.29, 1.82) is 0 Å². The molecule has 0 radical (unpaired) electrons. The Kier molecular flexibility index (Phi) is 4.52. The molecule has 0 atom stereocenters. The highest BCUT2D eigenvalue weighted by Gasteiger charge is 2.21. The van der Waals surface area contributed by atoms with Crippen LogP contribution in [0.2, 0.25) is 0 Å². The van der Waals surface area contributed by atoms with Crippen LogP contribution in [0, 0.1) is 5.92 Å². The van der Waals surface area contributed by atoms with E-state index < -0.39 is 0 Å². The van der Waals surface area contributed by atoms with Crippen molar-refractivity contribution in [3.05, 3.63) is 54.1 Å². The van der Waals surface area contributed by atoms with Gasteiger partial charge in [0.1, 0.15) is 0 Å². The molecule has 1 heterocycles. The molecule has 2 aromatic carbocycles. The van der Waals surface area contributed by atoms with Crippen LogP contribution >= 0.6 is 0 Å². The smallest absolute Gasteiger partial charge is 0.0718 e. The van der Waals surface area contributed by atoms with Gasteiger partial charge in [-0.25, -0.2) is 0 Å². The number of rotatable bonds is 7. The summed E-state index contributed by atoms with van der Waals surface area (Å²) >= 11 is 0. The van der Waals surface area contributed by atoms with Crippen molar-refractivity contribution >= 4 is 16.6 Å². The molecule has 1 fully saturated rings. The largest absolute Gasteiger partial charge is 0.383 e. The van der Waals surface area contributed by atoms with Gasteiger partial charge in [0.05, 0.1) is 11.2 Å². The molecule has 130 valence electrons. The minimum Gasteiger partial charge on any atom is -0.383 e. The molecule has 2 heteroatoms. The predicted octanol–water partition coefficient (Wildman–Crippen LogP) is 6.01. The Morgan fingerprint density at radius 1 is 1.08 bits per heavy atom. The first-order chi connectivity index (χ1) is 12.3. The molecular formula is C23H28N2. The van der Waals surface area contributed by atoms with Crippen LogP contribution in [0.3, 0.4) is 0 Å². The molecular weight excluding hydrogens is 304 g/mol. The summed E-state index contributed by atoms with van der Waals surface area (Å²) in [6, 6.07) is 17.8. The summed E-state index contributed by atoms with van der Waals surface area (Å²) < 4.78 is 2.35. The van der Waals surface area contributed by atoms with Gasteiger partial charge in [0, 0.05) is 24.7 Å². The molecule has 0 amide bonds. The van der Waals surface area contributed by atoms with Gasteiger partial charge in [0.15, 0.2) is 0 Å². The van der Waals surface area contributed by atoms with E-state index in [1.54, 1.807) is 0 Å². The Bertz CT molecular complexity index is 857. The fourth-order valence-electron chi connectivity index (χ4n) is 3.69. The van der Waals surface area contributed by atoms with Crippen molar-refractivity contribution in [3.8, 4) is 11.3 Å². The number of fused-ring (bicyclic) bond motifs is 1. The molecule has 0 bridgehead atoms. The van der Waals surface area contributed by atoms with Crippen LogP contribution in [0.25, 0.3) is 22.2 Å². The normalized spacial score (nSPS) is 14.2. The number of aryl methyl sites for hydroxylation is 2.